The van der Waals surface area contributed by atoms with E-state index in [1.54, 1.807) is 25.1 Å². The van der Waals surface area contributed by atoms with Crippen molar-refractivity contribution in [3.63, 3.8) is 0 Å². The molecule has 0 aliphatic carbocycles. The van der Waals surface area contributed by atoms with Crippen molar-refractivity contribution in [3.8, 4) is 5.75 Å². The molecule has 36 heavy (non-hydrogen) atoms. The van der Waals surface area contributed by atoms with Crippen LogP contribution in [-0.2, 0) is 75.4 Å². The van der Waals surface area contributed by atoms with Crippen LogP contribution in [0.5, 0.6) is 5.75 Å². The Morgan fingerprint density at radius 1 is 1.14 bits per heavy atom. The summed E-state index contributed by atoms with van der Waals surface area (Å²) < 4.78 is 32.2. The Bertz CT molecular complexity index is 1140. The second-order valence-corrected chi connectivity index (χ2v) is 7.47. The summed E-state index contributed by atoms with van der Waals surface area (Å²) in [6, 6.07) is 9.19. The Labute approximate surface area is 265 Å². The summed E-state index contributed by atoms with van der Waals surface area (Å²) in [6.45, 7) is 9.14. The number of carboxylic acid groups (broad SMARTS) is 1. The molecule has 0 bridgehead atoms. The van der Waals surface area contributed by atoms with Gasteiger partial charge >= 0.3 is 5.97 Å². The van der Waals surface area contributed by atoms with Gasteiger partial charge in [-0.3, -0.25) is 4.72 Å². The first-order valence-electron chi connectivity index (χ1n) is 9.55. The van der Waals surface area contributed by atoms with Crippen LogP contribution in [-0.4, -0.2) is 31.6 Å². The standard InChI is InChI=1S/C20H20N4O5S.C2H6.2CH3.2Y/c1-4-16(30(27,28)24-19-7-5-6-12-21-19)10-8-14(2)22-23-15-9-11-18(29-3)17(13-15)20(25)26;1-2;;;;/h4-13H,1H2,2-3H3,(H,21,24)(H,25,26);1-2H3;2*1H3;;/q;;2*-1;;/b14-8+,16-10+,23-22?;;;;;. The predicted octanol–water partition coefficient (Wildman–Crippen LogP) is 6.21. The Morgan fingerprint density at radius 2 is 1.78 bits per heavy atom. The number of carbonyl (C=O) groups is 1. The van der Waals surface area contributed by atoms with E-state index in [0.717, 1.165) is 0 Å². The maximum atomic E-state index is 12.4. The van der Waals surface area contributed by atoms with Crippen LogP contribution in [0.2, 0.25) is 0 Å². The average Bonchev–Trinajstić information content (AvgIpc) is 2.79. The zero-order chi connectivity index (χ0) is 24.1. The number of anilines is 1. The first-order valence-corrected chi connectivity index (χ1v) is 11.0. The minimum absolute atomic E-state index is 0. The predicted molar refractivity (Wildman–Crippen MR) is 137 cm³/mol. The van der Waals surface area contributed by atoms with E-state index in [4.69, 9.17) is 4.74 Å². The summed E-state index contributed by atoms with van der Waals surface area (Å²) in [5.41, 5.74) is 0.643. The van der Waals surface area contributed by atoms with Gasteiger partial charge in [0.1, 0.15) is 17.1 Å². The molecule has 1 aromatic carbocycles. The quantitative estimate of drug-likeness (QED) is 0.186. The van der Waals surface area contributed by atoms with Crippen LogP contribution in [0, 0.1) is 14.9 Å². The Hall–Kier alpha value is -1.58. The average molecular weight is 666 g/mol. The van der Waals surface area contributed by atoms with Crippen molar-refractivity contribution < 1.29 is 88.5 Å². The maximum Gasteiger partial charge on any atom is 0.339 e. The summed E-state index contributed by atoms with van der Waals surface area (Å²) in [6.07, 6.45) is 5.42. The van der Waals surface area contributed by atoms with Crippen LogP contribution >= 0.6 is 0 Å². The number of aromatic nitrogens is 1. The van der Waals surface area contributed by atoms with Crippen LogP contribution in [0.4, 0.5) is 11.5 Å². The number of azo groups is 1. The van der Waals surface area contributed by atoms with Gasteiger partial charge in [0.15, 0.2) is 0 Å². The number of allylic oxidation sites excluding steroid dienone is 4. The summed E-state index contributed by atoms with van der Waals surface area (Å²) in [5, 5.41) is 17.1. The second kappa shape index (κ2) is 21.5. The van der Waals surface area contributed by atoms with Crippen molar-refractivity contribution in [1.29, 1.82) is 0 Å². The molecule has 0 aliphatic heterocycles. The molecule has 12 heteroatoms. The first-order chi connectivity index (χ1) is 15.3. The molecule has 2 N–H and O–H groups in total. The molecule has 0 atom stereocenters. The number of aromatic carboxylic acids is 1. The van der Waals surface area contributed by atoms with Crippen LogP contribution in [0.15, 0.2) is 88.2 Å². The van der Waals surface area contributed by atoms with Gasteiger partial charge in [0.25, 0.3) is 10.0 Å². The normalized spacial score (nSPS) is 10.7. The largest absolute Gasteiger partial charge is 0.496 e. The molecule has 0 amide bonds. The van der Waals surface area contributed by atoms with E-state index in [9.17, 15) is 18.3 Å². The summed E-state index contributed by atoms with van der Waals surface area (Å²) in [5.74, 6) is -0.766. The number of benzene rings is 1. The molecule has 0 saturated heterocycles. The van der Waals surface area contributed by atoms with Crippen LogP contribution in [0.1, 0.15) is 31.1 Å². The topological polar surface area (TPSA) is 130 Å². The van der Waals surface area contributed by atoms with E-state index < -0.39 is 16.0 Å². The van der Waals surface area contributed by atoms with Crippen molar-refractivity contribution in [2.24, 2.45) is 10.2 Å². The molecule has 2 radical (unpaired) electrons. The van der Waals surface area contributed by atoms with E-state index in [-0.39, 0.29) is 102 Å². The Balaban J connectivity index is -0.000000831. The molecule has 0 unspecified atom stereocenters. The minimum Gasteiger partial charge on any atom is -0.496 e. The van der Waals surface area contributed by atoms with Gasteiger partial charge in [-0.05, 0) is 55.5 Å². The number of methoxy groups -OCH3 is 1. The summed E-state index contributed by atoms with van der Waals surface area (Å²) in [7, 11) is -2.51. The van der Waals surface area contributed by atoms with Gasteiger partial charge in [0, 0.05) is 71.6 Å². The van der Waals surface area contributed by atoms with Crippen LogP contribution in [0.25, 0.3) is 0 Å². The molecule has 1 aromatic heterocycles. The van der Waals surface area contributed by atoms with E-state index in [1.165, 1.54) is 49.7 Å². The van der Waals surface area contributed by atoms with Gasteiger partial charge in [-0.25, -0.2) is 18.2 Å². The van der Waals surface area contributed by atoms with Gasteiger partial charge < -0.3 is 24.7 Å². The zero-order valence-corrected chi connectivity index (χ0v) is 28.0. The Morgan fingerprint density at radius 3 is 2.28 bits per heavy atom. The molecule has 192 valence electrons. The second-order valence-electron chi connectivity index (χ2n) is 5.79. The number of pyridine rings is 1. The SMILES string of the molecule is C=C/C(=C\C=C(/C)N=Nc1ccc(OC)c(C(=O)O)c1)S(=O)(=O)Nc1ccccn1.CC.[CH3-].[CH3-].[Y].[Y]. The van der Waals surface area contributed by atoms with Crippen molar-refractivity contribution in [3.05, 3.63) is 98.4 Å². The smallest absolute Gasteiger partial charge is 0.339 e. The first kappa shape index (κ1) is 41.5. The number of hydrogen-bond donors (Lipinski definition) is 2. The molecule has 2 rings (SSSR count). The fourth-order valence-electron chi connectivity index (χ4n) is 2.19. The molecule has 9 nitrogen and oxygen atoms in total. The minimum atomic E-state index is -3.88. The van der Waals surface area contributed by atoms with Crippen molar-refractivity contribution in [2.45, 2.75) is 20.8 Å². The molecular formula is C24H32N4O5SY2-2. The third-order valence-electron chi connectivity index (χ3n) is 3.64. The molecule has 0 spiro atoms. The number of nitrogens with one attached hydrogen (secondary N) is 1. The number of nitrogens with zero attached hydrogens (tertiary/aromatic N) is 3. The molecule has 0 aliphatic rings. The maximum absolute atomic E-state index is 12.4. The number of carboxylic acids is 1. The summed E-state index contributed by atoms with van der Waals surface area (Å²) in [4.78, 5) is 15.1. The number of hydrogen-bond acceptors (Lipinski definition) is 7. The van der Waals surface area contributed by atoms with Crippen LogP contribution < -0.4 is 9.46 Å². The fraction of sp³-hybridized carbons (Fsp3) is 0.167. The number of ether oxygens (including phenoxy) is 1. The molecular weight excluding hydrogens is 634 g/mol. The number of rotatable bonds is 9. The fourth-order valence-corrected chi connectivity index (χ4v) is 3.17. The third kappa shape index (κ3) is 13.6. The van der Waals surface area contributed by atoms with Crippen LogP contribution in [0.3, 0.4) is 0 Å². The van der Waals surface area contributed by atoms with Crippen molar-refractivity contribution in [2.75, 3.05) is 11.8 Å². The van der Waals surface area contributed by atoms with E-state index in [0.29, 0.717) is 11.4 Å². The molecule has 0 fully saturated rings. The summed E-state index contributed by atoms with van der Waals surface area (Å²) >= 11 is 0. The van der Waals surface area contributed by atoms with Crippen molar-refractivity contribution >= 4 is 27.5 Å². The molecule has 2 aromatic rings. The van der Waals surface area contributed by atoms with Gasteiger partial charge in [-0.15, -0.1) is 0 Å². The van der Waals surface area contributed by atoms with Gasteiger partial charge in [0.2, 0.25) is 0 Å². The van der Waals surface area contributed by atoms with Gasteiger partial charge in [0.05, 0.1) is 23.4 Å². The van der Waals surface area contributed by atoms with E-state index in [2.05, 4.69) is 26.5 Å². The van der Waals surface area contributed by atoms with Gasteiger partial charge in [-0.1, -0.05) is 26.5 Å². The van der Waals surface area contributed by atoms with Crippen molar-refractivity contribution in [1.82, 2.24) is 4.98 Å². The zero-order valence-electron chi connectivity index (χ0n) is 21.5. The molecule has 0 saturated carbocycles. The Kier molecular flexibility index (Phi) is 24.8. The molecule has 1 heterocycles. The van der Waals surface area contributed by atoms with E-state index in [1.807, 2.05) is 13.8 Å². The van der Waals surface area contributed by atoms with E-state index >= 15 is 0 Å². The number of sulfonamides is 1. The van der Waals surface area contributed by atoms with Gasteiger partial charge in [-0.2, -0.15) is 10.2 Å². The monoisotopic (exact) mass is 666 g/mol. The third-order valence-corrected chi connectivity index (χ3v) is 5.04.